The average Bonchev–Trinajstić information content (AvgIpc) is 2.33. The summed E-state index contributed by atoms with van der Waals surface area (Å²) in [5, 5.41) is 2.69. The van der Waals surface area contributed by atoms with Crippen molar-refractivity contribution >= 4 is 27.7 Å². The minimum atomic E-state index is -0.551. The van der Waals surface area contributed by atoms with Gasteiger partial charge < -0.3 is 10.2 Å². The first kappa shape index (κ1) is 15.9. The van der Waals surface area contributed by atoms with Crippen molar-refractivity contribution in [2.45, 2.75) is 39.4 Å². The van der Waals surface area contributed by atoms with Crippen LogP contribution in [0.25, 0.3) is 0 Å². The van der Waals surface area contributed by atoms with Gasteiger partial charge in [0.25, 0.3) is 0 Å². The number of halogens is 2. The Labute approximate surface area is 131 Å². The van der Waals surface area contributed by atoms with Gasteiger partial charge in [0.15, 0.2) is 0 Å². The normalized spacial score (nSPS) is 22.7. The Morgan fingerprint density at radius 1 is 1.33 bits per heavy atom. The Morgan fingerprint density at radius 2 is 2.00 bits per heavy atom. The van der Waals surface area contributed by atoms with Crippen LogP contribution in [-0.2, 0) is 16.1 Å². The molecular formula is C15H18BrFN2O2. The number of benzene rings is 1. The molecule has 0 bridgehead atoms. The smallest absolute Gasteiger partial charge is 0.245 e. The molecule has 1 fully saturated rings. The zero-order valence-electron chi connectivity index (χ0n) is 12.2. The van der Waals surface area contributed by atoms with E-state index >= 15 is 0 Å². The maximum absolute atomic E-state index is 13.5. The lowest BCUT2D eigenvalue weighted by Gasteiger charge is -2.40. The summed E-state index contributed by atoms with van der Waals surface area (Å²) < 4.78 is 14.1. The molecule has 1 aliphatic heterocycles. The van der Waals surface area contributed by atoms with Gasteiger partial charge >= 0.3 is 0 Å². The van der Waals surface area contributed by atoms with Gasteiger partial charge in [-0.3, -0.25) is 9.59 Å². The van der Waals surface area contributed by atoms with Crippen LogP contribution in [0, 0.1) is 11.7 Å². The van der Waals surface area contributed by atoms with Crippen molar-refractivity contribution in [3.05, 3.63) is 34.1 Å². The monoisotopic (exact) mass is 356 g/mol. The van der Waals surface area contributed by atoms with E-state index in [0.29, 0.717) is 10.0 Å². The van der Waals surface area contributed by atoms with E-state index < -0.39 is 12.1 Å². The van der Waals surface area contributed by atoms with Crippen LogP contribution in [0.15, 0.2) is 22.7 Å². The van der Waals surface area contributed by atoms with Crippen molar-refractivity contribution in [2.24, 2.45) is 5.92 Å². The predicted molar refractivity (Wildman–Crippen MR) is 80.9 cm³/mol. The first-order valence-corrected chi connectivity index (χ1v) is 7.64. The number of nitrogens with one attached hydrogen (secondary N) is 1. The Hall–Kier alpha value is -1.43. The molecule has 2 atom stereocenters. The van der Waals surface area contributed by atoms with Crippen LogP contribution < -0.4 is 5.32 Å². The number of carbonyl (C=O) groups excluding carboxylic acids is 2. The van der Waals surface area contributed by atoms with Crippen LogP contribution in [0.3, 0.4) is 0 Å². The van der Waals surface area contributed by atoms with Crippen molar-refractivity contribution in [3.63, 3.8) is 0 Å². The highest BCUT2D eigenvalue weighted by Crippen LogP contribution is 2.22. The molecule has 1 aliphatic rings. The van der Waals surface area contributed by atoms with Gasteiger partial charge in [-0.15, -0.1) is 0 Å². The van der Waals surface area contributed by atoms with Gasteiger partial charge in [0.2, 0.25) is 11.8 Å². The third kappa shape index (κ3) is 3.43. The van der Waals surface area contributed by atoms with Crippen molar-refractivity contribution < 1.29 is 14.0 Å². The van der Waals surface area contributed by atoms with Gasteiger partial charge in [-0.25, -0.2) is 4.39 Å². The van der Waals surface area contributed by atoms with Gasteiger partial charge in [0, 0.05) is 11.0 Å². The van der Waals surface area contributed by atoms with Crippen LogP contribution in [0.4, 0.5) is 4.39 Å². The number of rotatable bonds is 3. The number of nitrogens with zero attached hydrogens (tertiary/aromatic N) is 1. The van der Waals surface area contributed by atoms with E-state index in [0.717, 1.165) is 0 Å². The third-order valence-electron chi connectivity index (χ3n) is 3.52. The highest BCUT2D eigenvalue weighted by Gasteiger charge is 2.40. The van der Waals surface area contributed by atoms with Crippen molar-refractivity contribution in [3.8, 4) is 0 Å². The molecule has 2 amide bonds. The van der Waals surface area contributed by atoms with E-state index in [1.807, 2.05) is 13.8 Å². The molecule has 0 saturated carbocycles. The van der Waals surface area contributed by atoms with Crippen LogP contribution >= 0.6 is 15.9 Å². The lowest BCUT2D eigenvalue weighted by atomic mass is 9.96. The fourth-order valence-corrected chi connectivity index (χ4v) is 3.14. The molecule has 1 N–H and O–H groups in total. The van der Waals surface area contributed by atoms with Crippen LogP contribution in [0.1, 0.15) is 26.3 Å². The minimum Gasteiger partial charge on any atom is -0.343 e. The lowest BCUT2D eigenvalue weighted by molar-refractivity contribution is -0.151. The van der Waals surface area contributed by atoms with Crippen LogP contribution in [0.2, 0.25) is 0 Å². The van der Waals surface area contributed by atoms with E-state index in [-0.39, 0.29) is 30.1 Å². The molecule has 1 aromatic carbocycles. The van der Waals surface area contributed by atoms with Gasteiger partial charge in [0.1, 0.15) is 17.9 Å². The summed E-state index contributed by atoms with van der Waals surface area (Å²) >= 11 is 3.24. The van der Waals surface area contributed by atoms with Crippen molar-refractivity contribution in [1.29, 1.82) is 0 Å². The second-order valence-electron chi connectivity index (χ2n) is 5.66. The fourth-order valence-electron chi connectivity index (χ4n) is 2.63. The van der Waals surface area contributed by atoms with E-state index in [2.05, 4.69) is 21.2 Å². The summed E-state index contributed by atoms with van der Waals surface area (Å²) in [6.07, 6.45) is 0. The molecule has 0 spiro atoms. The quantitative estimate of drug-likeness (QED) is 0.904. The summed E-state index contributed by atoms with van der Waals surface area (Å²) in [7, 11) is 0. The maximum atomic E-state index is 13.5. The molecule has 1 saturated heterocycles. The molecule has 6 heteroatoms. The Bertz CT molecular complexity index is 557. The Morgan fingerprint density at radius 3 is 2.57 bits per heavy atom. The van der Waals surface area contributed by atoms with E-state index in [1.54, 1.807) is 13.0 Å². The second-order valence-corrected chi connectivity index (χ2v) is 6.58. The van der Waals surface area contributed by atoms with E-state index in [4.69, 9.17) is 0 Å². The molecule has 1 aromatic rings. The molecule has 114 valence electrons. The zero-order chi connectivity index (χ0) is 15.7. The van der Waals surface area contributed by atoms with Gasteiger partial charge in [0.05, 0.1) is 0 Å². The van der Waals surface area contributed by atoms with E-state index in [9.17, 15) is 14.0 Å². The third-order valence-corrected chi connectivity index (χ3v) is 3.98. The molecule has 2 unspecified atom stereocenters. The first-order chi connectivity index (χ1) is 9.79. The lowest BCUT2D eigenvalue weighted by Crippen LogP contribution is -2.63. The van der Waals surface area contributed by atoms with Crippen LogP contribution in [0.5, 0.6) is 0 Å². The molecule has 4 nitrogen and oxygen atoms in total. The van der Waals surface area contributed by atoms with Crippen molar-refractivity contribution in [1.82, 2.24) is 10.2 Å². The zero-order valence-corrected chi connectivity index (χ0v) is 13.8. The van der Waals surface area contributed by atoms with Gasteiger partial charge in [-0.2, -0.15) is 0 Å². The number of carbonyl (C=O) groups is 2. The molecule has 2 rings (SSSR count). The summed E-state index contributed by atoms with van der Waals surface area (Å²) in [5.41, 5.74) is 0.655. The standard InChI is InChI=1S/C15H18BrFN2O2/c1-8(2)13-14(20)18-9(3)15(21)19(13)7-10-4-11(16)6-12(17)5-10/h4-6,8-9,13H,7H2,1-3H3,(H,18,20). The summed E-state index contributed by atoms with van der Waals surface area (Å²) in [5.74, 6) is -0.692. The Kier molecular flexibility index (Phi) is 4.66. The molecular weight excluding hydrogens is 339 g/mol. The molecule has 21 heavy (non-hydrogen) atoms. The van der Waals surface area contributed by atoms with Gasteiger partial charge in [-0.05, 0) is 36.6 Å². The highest BCUT2D eigenvalue weighted by molar-refractivity contribution is 9.10. The molecule has 0 aliphatic carbocycles. The molecule has 0 aromatic heterocycles. The van der Waals surface area contributed by atoms with E-state index in [1.165, 1.54) is 17.0 Å². The second kappa shape index (κ2) is 6.13. The summed E-state index contributed by atoms with van der Waals surface area (Å²) in [6.45, 7) is 5.66. The molecule has 1 heterocycles. The summed E-state index contributed by atoms with van der Waals surface area (Å²) in [4.78, 5) is 26.0. The number of hydrogen-bond acceptors (Lipinski definition) is 2. The number of amides is 2. The largest absolute Gasteiger partial charge is 0.343 e. The number of hydrogen-bond donors (Lipinski definition) is 1. The predicted octanol–water partition coefficient (Wildman–Crippen LogP) is 2.46. The number of piperazine rings is 1. The first-order valence-electron chi connectivity index (χ1n) is 6.85. The minimum absolute atomic E-state index is 0.0153. The summed E-state index contributed by atoms with van der Waals surface area (Å²) in [6, 6.07) is 3.41. The highest BCUT2D eigenvalue weighted by atomic mass is 79.9. The maximum Gasteiger partial charge on any atom is 0.245 e. The Balaban J connectivity index is 2.32. The average molecular weight is 357 g/mol. The van der Waals surface area contributed by atoms with Gasteiger partial charge in [-0.1, -0.05) is 29.8 Å². The fraction of sp³-hybridized carbons (Fsp3) is 0.467. The van der Waals surface area contributed by atoms with Crippen molar-refractivity contribution in [2.75, 3.05) is 0 Å². The SMILES string of the molecule is CC1NC(=O)C(C(C)C)N(Cc2cc(F)cc(Br)c2)C1=O. The van der Waals surface area contributed by atoms with Crippen LogP contribution in [-0.4, -0.2) is 28.8 Å². The molecule has 0 radical (unpaired) electrons. The topological polar surface area (TPSA) is 49.4 Å².